The molecule has 1 N–H and O–H groups in total. The van der Waals surface area contributed by atoms with Crippen molar-refractivity contribution in [3.63, 3.8) is 0 Å². The fraction of sp³-hybridized carbons (Fsp3) is 0.179. The SMILES string of the molecule is C=C1C=CC=C(c2cc3nc(N/N=C/c4cccc(C(=C)C)c4)cc(N4CCOCC4)n3n2)C=C1. The van der Waals surface area contributed by atoms with E-state index in [1.165, 1.54) is 0 Å². The fourth-order valence-corrected chi connectivity index (χ4v) is 3.99. The molecule has 35 heavy (non-hydrogen) atoms. The third-order valence-corrected chi connectivity index (χ3v) is 5.87. The molecule has 0 saturated carbocycles. The van der Waals surface area contributed by atoms with Crippen LogP contribution in [-0.4, -0.2) is 47.1 Å². The number of allylic oxidation sites excluding steroid dienone is 8. The highest BCUT2D eigenvalue weighted by molar-refractivity contribution is 5.82. The van der Waals surface area contributed by atoms with Crippen LogP contribution in [0.15, 0.2) is 90.6 Å². The number of nitrogens with zero attached hydrogens (tertiary/aromatic N) is 5. The zero-order valence-electron chi connectivity index (χ0n) is 19.8. The van der Waals surface area contributed by atoms with Crippen LogP contribution in [-0.2, 0) is 4.74 Å². The van der Waals surface area contributed by atoms with E-state index in [1.54, 1.807) is 6.21 Å². The van der Waals surface area contributed by atoms with Crippen molar-refractivity contribution in [3.8, 4) is 0 Å². The molecule has 3 aromatic rings. The Morgan fingerprint density at radius 2 is 2.00 bits per heavy atom. The van der Waals surface area contributed by atoms with Gasteiger partial charge in [0.25, 0.3) is 0 Å². The van der Waals surface area contributed by atoms with Crippen LogP contribution >= 0.6 is 0 Å². The standard InChI is InChI=1S/C28H28N6O/c1-20(2)24-9-5-7-22(16-24)19-29-31-26-18-28(33-12-14-35-15-13-33)34-27(30-26)17-25(32-34)23-8-4-6-21(3)10-11-23/h4-11,16-19H,1,3,12-15H2,2H3,(H,30,31)/b29-19+. The van der Waals surface area contributed by atoms with Crippen molar-refractivity contribution < 1.29 is 4.74 Å². The molecule has 1 saturated heterocycles. The van der Waals surface area contributed by atoms with Crippen LogP contribution < -0.4 is 10.3 Å². The Hall–Kier alpha value is -4.23. The Bertz CT molecular complexity index is 1400. The zero-order chi connectivity index (χ0) is 24.2. The highest BCUT2D eigenvalue weighted by atomic mass is 16.5. The minimum atomic E-state index is 0.649. The van der Waals surface area contributed by atoms with Crippen LogP contribution in [0.2, 0.25) is 0 Å². The largest absolute Gasteiger partial charge is 0.378 e. The number of hydrogen-bond acceptors (Lipinski definition) is 6. The van der Waals surface area contributed by atoms with Crippen LogP contribution in [0.1, 0.15) is 23.7 Å². The normalized spacial score (nSPS) is 16.1. The number of benzene rings is 1. The number of aromatic nitrogens is 3. The van der Waals surface area contributed by atoms with E-state index in [4.69, 9.17) is 14.8 Å². The second kappa shape index (κ2) is 9.95. The topological polar surface area (TPSA) is 67.0 Å². The maximum absolute atomic E-state index is 5.56. The summed E-state index contributed by atoms with van der Waals surface area (Å²) in [6.07, 6.45) is 11.8. The summed E-state index contributed by atoms with van der Waals surface area (Å²) in [6, 6.07) is 12.1. The minimum Gasteiger partial charge on any atom is -0.378 e. The van der Waals surface area contributed by atoms with E-state index in [9.17, 15) is 0 Å². The first-order chi connectivity index (χ1) is 17.1. The number of ether oxygens (including phenoxy) is 1. The minimum absolute atomic E-state index is 0.649. The van der Waals surface area contributed by atoms with Crippen LogP contribution in [0, 0.1) is 0 Å². The molecule has 7 heteroatoms. The lowest BCUT2D eigenvalue weighted by Gasteiger charge is -2.29. The van der Waals surface area contributed by atoms with Gasteiger partial charge in [-0.15, -0.1) is 0 Å². The van der Waals surface area contributed by atoms with Crippen molar-refractivity contribution in [2.75, 3.05) is 36.6 Å². The quantitative estimate of drug-likeness (QED) is 0.406. The van der Waals surface area contributed by atoms with Crippen molar-refractivity contribution in [2.45, 2.75) is 6.92 Å². The molecule has 0 atom stereocenters. The molecule has 1 aromatic carbocycles. The van der Waals surface area contributed by atoms with Gasteiger partial charge in [0.05, 0.1) is 25.1 Å². The Kier molecular flexibility index (Phi) is 6.41. The van der Waals surface area contributed by atoms with Crippen LogP contribution in [0.25, 0.3) is 16.8 Å². The molecule has 0 unspecified atom stereocenters. The van der Waals surface area contributed by atoms with Gasteiger partial charge < -0.3 is 9.64 Å². The average molecular weight is 465 g/mol. The van der Waals surface area contributed by atoms with Gasteiger partial charge in [0.15, 0.2) is 11.5 Å². The van der Waals surface area contributed by atoms with Crippen LogP contribution in [0.5, 0.6) is 0 Å². The van der Waals surface area contributed by atoms with Crippen molar-refractivity contribution in [1.29, 1.82) is 0 Å². The van der Waals surface area contributed by atoms with E-state index in [1.807, 2.05) is 72.2 Å². The number of morpholine rings is 1. The predicted molar refractivity (Wildman–Crippen MR) is 144 cm³/mol. The maximum Gasteiger partial charge on any atom is 0.160 e. The molecule has 3 heterocycles. The number of hydrazone groups is 1. The first kappa shape index (κ1) is 22.6. The number of rotatable bonds is 6. The van der Waals surface area contributed by atoms with Gasteiger partial charge >= 0.3 is 0 Å². The van der Waals surface area contributed by atoms with Crippen LogP contribution in [0.4, 0.5) is 11.6 Å². The molecular weight excluding hydrogens is 436 g/mol. The number of nitrogens with one attached hydrogen (secondary N) is 1. The predicted octanol–water partition coefficient (Wildman–Crippen LogP) is 5.11. The average Bonchev–Trinajstić information content (AvgIpc) is 3.18. The smallest absolute Gasteiger partial charge is 0.160 e. The van der Waals surface area contributed by atoms with Gasteiger partial charge in [-0.3, -0.25) is 5.43 Å². The maximum atomic E-state index is 5.56. The summed E-state index contributed by atoms with van der Waals surface area (Å²) in [5.41, 5.74) is 9.74. The van der Waals surface area contributed by atoms with E-state index in [0.29, 0.717) is 19.0 Å². The summed E-state index contributed by atoms with van der Waals surface area (Å²) in [5, 5.41) is 9.33. The molecular formula is C28H28N6O. The molecule has 7 nitrogen and oxygen atoms in total. The second-order valence-corrected chi connectivity index (χ2v) is 8.56. The molecule has 2 aromatic heterocycles. The molecule has 0 spiro atoms. The summed E-state index contributed by atoms with van der Waals surface area (Å²) < 4.78 is 7.45. The number of anilines is 2. The van der Waals surface area contributed by atoms with Gasteiger partial charge in [0.1, 0.15) is 5.82 Å². The van der Waals surface area contributed by atoms with E-state index in [0.717, 1.165) is 58.1 Å². The Morgan fingerprint density at radius 1 is 1.14 bits per heavy atom. The second-order valence-electron chi connectivity index (χ2n) is 8.56. The third kappa shape index (κ3) is 5.15. The Labute approximate surface area is 205 Å². The highest BCUT2D eigenvalue weighted by Crippen LogP contribution is 2.25. The van der Waals surface area contributed by atoms with E-state index < -0.39 is 0 Å². The highest BCUT2D eigenvalue weighted by Gasteiger charge is 2.18. The summed E-state index contributed by atoms with van der Waals surface area (Å²) in [6.45, 7) is 12.9. The lowest BCUT2D eigenvalue weighted by Crippen LogP contribution is -2.37. The van der Waals surface area contributed by atoms with Crippen molar-refractivity contribution in [3.05, 3.63) is 102 Å². The Morgan fingerprint density at radius 3 is 2.83 bits per heavy atom. The Balaban J connectivity index is 1.48. The van der Waals surface area contributed by atoms with Crippen molar-refractivity contribution in [2.24, 2.45) is 5.10 Å². The molecule has 176 valence electrons. The summed E-state index contributed by atoms with van der Waals surface area (Å²) in [7, 11) is 0. The summed E-state index contributed by atoms with van der Waals surface area (Å²) >= 11 is 0. The molecule has 0 radical (unpaired) electrons. The summed E-state index contributed by atoms with van der Waals surface area (Å²) in [4.78, 5) is 7.04. The lowest BCUT2D eigenvalue weighted by molar-refractivity contribution is 0.122. The van der Waals surface area contributed by atoms with E-state index in [2.05, 4.69) is 34.7 Å². The van der Waals surface area contributed by atoms with E-state index in [-0.39, 0.29) is 0 Å². The fourth-order valence-electron chi connectivity index (χ4n) is 3.99. The first-order valence-corrected chi connectivity index (χ1v) is 11.6. The van der Waals surface area contributed by atoms with Crippen molar-refractivity contribution >= 4 is 34.6 Å². The lowest BCUT2D eigenvalue weighted by atomic mass is 10.1. The van der Waals surface area contributed by atoms with Crippen molar-refractivity contribution in [1.82, 2.24) is 14.6 Å². The number of fused-ring (bicyclic) bond motifs is 1. The van der Waals surface area contributed by atoms with Gasteiger partial charge in [0, 0.05) is 30.8 Å². The van der Waals surface area contributed by atoms with Gasteiger partial charge in [-0.1, -0.05) is 67.3 Å². The van der Waals surface area contributed by atoms with Gasteiger partial charge in [0.2, 0.25) is 0 Å². The van der Waals surface area contributed by atoms with E-state index >= 15 is 0 Å². The van der Waals surface area contributed by atoms with Crippen LogP contribution in [0.3, 0.4) is 0 Å². The first-order valence-electron chi connectivity index (χ1n) is 11.6. The molecule has 0 amide bonds. The monoisotopic (exact) mass is 464 g/mol. The molecule has 0 bridgehead atoms. The molecule has 1 aliphatic carbocycles. The third-order valence-electron chi connectivity index (χ3n) is 5.87. The van der Waals surface area contributed by atoms with Gasteiger partial charge in [-0.25, -0.2) is 4.98 Å². The molecule has 1 fully saturated rings. The molecule has 5 rings (SSSR count). The molecule has 1 aliphatic heterocycles. The van der Waals surface area contributed by atoms with Gasteiger partial charge in [-0.2, -0.15) is 14.7 Å². The van der Waals surface area contributed by atoms with Gasteiger partial charge in [-0.05, 0) is 29.7 Å². The zero-order valence-corrected chi connectivity index (χ0v) is 19.8. The molecule has 2 aliphatic rings. The summed E-state index contributed by atoms with van der Waals surface area (Å²) in [5.74, 6) is 1.60. The number of hydrogen-bond donors (Lipinski definition) is 1.